The standard InChI is InChI=1S/C23H29F2N5O2/c24-16-1-2-17-14(21(16)25)11-19(26-17)22(32)28-7-3-18-15(12-28)20-13-29(9-10-31)23(4-5-23)6-8-30(20)27-18/h1-2,11,15,18,20,26-27,31H,3-10,12-13H2. The quantitative estimate of drug-likeness (QED) is 0.671. The van der Waals surface area contributed by atoms with Gasteiger partial charge in [-0.25, -0.2) is 13.8 Å². The molecule has 2 aromatic rings. The summed E-state index contributed by atoms with van der Waals surface area (Å²) in [6.07, 6.45) is 4.36. The van der Waals surface area contributed by atoms with Gasteiger partial charge in [0, 0.05) is 67.2 Å². The summed E-state index contributed by atoms with van der Waals surface area (Å²) in [5, 5.41) is 12.1. The van der Waals surface area contributed by atoms with Gasteiger partial charge in [-0.05, 0) is 43.9 Å². The number of nitrogens with zero attached hydrogens (tertiary/aromatic N) is 3. The van der Waals surface area contributed by atoms with E-state index in [0.29, 0.717) is 42.8 Å². The van der Waals surface area contributed by atoms with E-state index in [0.717, 1.165) is 32.0 Å². The Bertz CT molecular complexity index is 1050. The number of likely N-dealkylation sites (tertiary alicyclic amines) is 1. The van der Waals surface area contributed by atoms with Crippen LogP contribution >= 0.6 is 0 Å². The topological polar surface area (TPSA) is 74.8 Å². The van der Waals surface area contributed by atoms with Gasteiger partial charge in [-0.15, -0.1) is 0 Å². The molecular weight excluding hydrogens is 416 g/mol. The molecule has 0 bridgehead atoms. The lowest BCUT2D eigenvalue weighted by Crippen LogP contribution is -2.51. The van der Waals surface area contributed by atoms with Gasteiger partial charge in [0.2, 0.25) is 0 Å². The highest BCUT2D eigenvalue weighted by Crippen LogP contribution is 2.47. The van der Waals surface area contributed by atoms with Crippen LogP contribution in [-0.2, 0) is 0 Å². The van der Waals surface area contributed by atoms with Gasteiger partial charge in [-0.1, -0.05) is 0 Å². The number of rotatable bonds is 3. The molecule has 4 heterocycles. The van der Waals surface area contributed by atoms with Gasteiger partial charge >= 0.3 is 0 Å². The number of nitrogens with one attached hydrogen (secondary N) is 2. The van der Waals surface area contributed by atoms with Gasteiger partial charge in [0.1, 0.15) is 5.69 Å². The molecule has 32 heavy (non-hydrogen) atoms. The Hall–Kier alpha value is -2.07. The summed E-state index contributed by atoms with van der Waals surface area (Å²) < 4.78 is 27.7. The molecule has 4 aliphatic rings. The van der Waals surface area contributed by atoms with Crippen molar-refractivity contribution in [2.24, 2.45) is 5.92 Å². The maximum atomic E-state index is 14.1. The molecule has 3 N–H and O–H groups in total. The molecule has 1 aliphatic carbocycles. The third-order valence-corrected chi connectivity index (χ3v) is 8.19. The molecule has 3 atom stereocenters. The molecule has 9 heteroatoms. The van der Waals surface area contributed by atoms with Crippen LogP contribution in [0.2, 0.25) is 0 Å². The number of aliphatic hydroxyl groups is 1. The lowest BCUT2D eigenvalue weighted by atomic mass is 9.87. The van der Waals surface area contributed by atoms with Crippen LogP contribution in [0.1, 0.15) is 36.2 Å². The molecule has 1 saturated carbocycles. The van der Waals surface area contributed by atoms with Crippen molar-refractivity contribution < 1.29 is 18.7 Å². The Morgan fingerprint density at radius 3 is 2.81 bits per heavy atom. The zero-order chi connectivity index (χ0) is 22.0. The van der Waals surface area contributed by atoms with E-state index in [9.17, 15) is 18.7 Å². The van der Waals surface area contributed by atoms with Crippen LogP contribution in [0.15, 0.2) is 18.2 Å². The Morgan fingerprint density at radius 1 is 1.19 bits per heavy atom. The Labute approximate surface area is 185 Å². The van der Waals surface area contributed by atoms with E-state index in [2.05, 4.69) is 20.3 Å². The number of fused-ring (bicyclic) bond motifs is 4. The second kappa shape index (κ2) is 7.48. The zero-order valence-electron chi connectivity index (χ0n) is 18.0. The SMILES string of the molecule is O=C(c1cc2c(F)c(F)ccc2[nH]1)N1CCC2NN3CCC4(CC4)N(CCO)CC3C2C1. The number of aliphatic hydroxyl groups excluding tert-OH is 1. The van der Waals surface area contributed by atoms with Gasteiger partial charge < -0.3 is 15.0 Å². The number of β-amino-alcohol motifs (C(OH)–C–C–N with tert-alkyl or cyclic N) is 1. The highest BCUT2D eigenvalue weighted by molar-refractivity contribution is 5.98. The first-order chi connectivity index (χ1) is 15.5. The maximum Gasteiger partial charge on any atom is 0.270 e. The van der Waals surface area contributed by atoms with Crippen molar-refractivity contribution >= 4 is 16.8 Å². The van der Waals surface area contributed by atoms with Crippen molar-refractivity contribution in [2.45, 2.75) is 43.3 Å². The van der Waals surface area contributed by atoms with E-state index in [4.69, 9.17) is 0 Å². The van der Waals surface area contributed by atoms with Crippen LogP contribution in [-0.4, -0.2) is 87.8 Å². The summed E-state index contributed by atoms with van der Waals surface area (Å²) in [6.45, 7) is 4.00. The summed E-state index contributed by atoms with van der Waals surface area (Å²) in [5.74, 6) is -1.72. The van der Waals surface area contributed by atoms with Crippen LogP contribution in [0.4, 0.5) is 8.78 Å². The van der Waals surface area contributed by atoms with Crippen LogP contribution in [0.5, 0.6) is 0 Å². The lowest BCUT2D eigenvalue weighted by molar-refractivity contribution is 0.0615. The molecule has 172 valence electrons. The van der Waals surface area contributed by atoms with Crippen molar-refractivity contribution in [3.63, 3.8) is 0 Å². The van der Waals surface area contributed by atoms with Gasteiger partial charge in [-0.2, -0.15) is 0 Å². The average molecular weight is 446 g/mol. The predicted octanol–water partition coefficient (Wildman–Crippen LogP) is 1.70. The molecule has 3 saturated heterocycles. The fourth-order valence-electron chi connectivity index (χ4n) is 6.21. The monoisotopic (exact) mass is 445 g/mol. The number of carbonyl (C=O) groups is 1. The largest absolute Gasteiger partial charge is 0.395 e. The third kappa shape index (κ3) is 3.17. The predicted molar refractivity (Wildman–Crippen MR) is 115 cm³/mol. The molecule has 1 amide bonds. The van der Waals surface area contributed by atoms with Crippen LogP contribution in [0, 0.1) is 17.6 Å². The molecule has 1 spiro atoms. The summed E-state index contributed by atoms with van der Waals surface area (Å²) >= 11 is 0. The third-order valence-electron chi connectivity index (χ3n) is 8.19. The minimum absolute atomic E-state index is 0.107. The van der Waals surface area contributed by atoms with Crippen LogP contribution < -0.4 is 5.43 Å². The van der Waals surface area contributed by atoms with Crippen molar-refractivity contribution in [1.82, 2.24) is 25.2 Å². The molecular formula is C23H29F2N5O2. The Kier molecular flexibility index (Phi) is 4.80. The van der Waals surface area contributed by atoms with E-state index < -0.39 is 11.6 Å². The molecule has 1 aromatic heterocycles. The molecule has 7 nitrogen and oxygen atoms in total. The van der Waals surface area contributed by atoms with Crippen molar-refractivity contribution in [2.75, 3.05) is 39.3 Å². The second-order valence-electron chi connectivity index (χ2n) is 9.85. The first kappa shape index (κ1) is 20.5. The van der Waals surface area contributed by atoms with Gasteiger partial charge in [0.05, 0.1) is 6.61 Å². The summed E-state index contributed by atoms with van der Waals surface area (Å²) in [7, 11) is 0. The first-order valence-corrected chi connectivity index (χ1v) is 11.6. The van der Waals surface area contributed by atoms with Crippen molar-refractivity contribution in [1.29, 1.82) is 0 Å². The van der Waals surface area contributed by atoms with Crippen molar-refractivity contribution in [3.8, 4) is 0 Å². The number of aromatic nitrogens is 1. The maximum absolute atomic E-state index is 14.1. The van der Waals surface area contributed by atoms with E-state index in [1.54, 1.807) is 0 Å². The highest BCUT2D eigenvalue weighted by atomic mass is 19.2. The van der Waals surface area contributed by atoms with Gasteiger partial charge in [-0.3, -0.25) is 15.1 Å². The number of H-pyrrole nitrogens is 1. The van der Waals surface area contributed by atoms with Gasteiger partial charge in [0.25, 0.3) is 5.91 Å². The normalized spacial score (nSPS) is 29.8. The minimum atomic E-state index is -0.927. The Morgan fingerprint density at radius 2 is 2.03 bits per heavy atom. The van der Waals surface area contributed by atoms with E-state index in [1.807, 2.05) is 4.90 Å². The minimum Gasteiger partial charge on any atom is -0.395 e. The van der Waals surface area contributed by atoms with Gasteiger partial charge in [0.15, 0.2) is 11.6 Å². The number of hydrogen-bond donors (Lipinski definition) is 3. The van der Waals surface area contributed by atoms with Crippen molar-refractivity contribution in [3.05, 3.63) is 35.5 Å². The van der Waals surface area contributed by atoms with Crippen LogP contribution in [0.3, 0.4) is 0 Å². The van der Waals surface area contributed by atoms with Crippen LogP contribution in [0.25, 0.3) is 10.9 Å². The second-order valence-corrected chi connectivity index (χ2v) is 9.85. The summed E-state index contributed by atoms with van der Waals surface area (Å²) in [5.41, 5.74) is 4.67. The molecule has 3 unspecified atom stereocenters. The number of piperidine rings is 1. The molecule has 6 rings (SSSR count). The molecule has 1 aromatic carbocycles. The van der Waals surface area contributed by atoms with E-state index in [1.165, 1.54) is 25.0 Å². The fourth-order valence-corrected chi connectivity index (χ4v) is 6.21. The summed E-state index contributed by atoms with van der Waals surface area (Å²) in [6, 6.07) is 4.58. The number of benzene rings is 1. The number of amides is 1. The number of hydrazine groups is 1. The number of halogens is 2. The smallest absolute Gasteiger partial charge is 0.270 e. The number of carbonyl (C=O) groups excluding carboxylic acids is 1. The fraction of sp³-hybridized carbons (Fsp3) is 0.609. The highest BCUT2D eigenvalue weighted by Gasteiger charge is 2.54. The summed E-state index contributed by atoms with van der Waals surface area (Å²) in [4.78, 5) is 20.5. The van der Waals surface area contributed by atoms with E-state index >= 15 is 0 Å². The molecule has 3 aliphatic heterocycles. The first-order valence-electron chi connectivity index (χ1n) is 11.6. The number of aromatic amines is 1. The van der Waals surface area contributed by atoms with E-state index in [-0.39, 0.29) is 29.5 Å². The Balaban J connectivity index is 1.22. The number of hydrogen-bond acceptors (Lipinski definition) is 5. The molecule has 0 radical (unpaired) electrons. The molecule has 4 fully saturated rings. The average Bonchev–Trinajstić information content (AvgIpc) is 3.37. The zero-order valence-corrected chi connectivity index (χ0v) is 18.0. The lowest BCUT2D eigenvalue weighted by Gasteiger charge is -2.38.